The van der Waals surface area contributed by atoms with Crippen molar-refractivity contribution in [2.24, 2.45) is 10.7 Å². The van der Waals surface area contributed by atoms with Gasteiger partial charge in [-0.2, -0.15) is 0 Å². The van der Waals surface area contributed by atoms with Gasteiger partial charge in [0.05, 0.1) is 12.2 Å². The van der Waals surface area contributed by atoms with Crippen LogP contribution in [0.3, 0.4) is 0 Å². The van der Waals surface area contributed by atoms with Crippen molar-refractivity contribution in [1.29, 1.82) is 0 Å². The number of aliphatic hydroxyl groups is 3. The zero-order valence-corrected chi connectivity index (χ0v) is 10.8. The molecule has 0 aromatic heterocycles. The summed E-state index contributed by atoms with van der Waals surface area (Å²) in [5, 5.41) is 29.2. The second-order valence-corrected chi connectivity index (χ2v) is 5.17. The number of hydrogen-bond donors (Lipinski definition) is 4. The molecule has 1 aliphatic heterocycles. The fourth-order valence-corrected chi connectivity index (χ4v) is 2.62. The van der Waals surface area contributed by atoms with E-state index in [2.05, 4.69) is 4.99 Å². The number of thioether (sulfide) groups is 1. The summed E-state index contributed by atoms with van der Waals surface area (Å²) < 4.78 is 5.49. The number of aliphatic imine (C=N–C) groups is 1. The van der Waals surface area contributed by atoms with Crippen LogP contribution >= 0.6 is 11.8 Å². The summed E-state index contributed by atoms with van der Waals surface area (Å²) in [6.07, 6.45) is -3.39. The summed E-state index contributed by atoms with van der Waals surface area (Å²) in [5.74, 6) is 0. The van der Waals surface area contributed by atoms with Gasteiger partial charge in [0.2, 0.25) is 0 Å². The Morgan fingerprint density at radius 2 is 2.24 bits per heavy atom. The third-order valence-corrected chi connectivity index (χ3v) is 3.45. The van der Waals surface area contributed by atoms with E-state index in [4.69, 9.17) is 10.5 Å². The molecular weight excluding hydrogens is 244 g/mol. The molecule has 5 unspecified atom stereocenters. The lowest BCUT2D eigenvalue weighted by Crippen LogP contribution is -2.52. The SMILES string of the molecule is CCN=C(N)SC1CC(O)C(O)C(C(C)O)O1. The molecule has 1 heterocycles. The Hall–Kier alpha value is -0.340. The van der Waals surface area contributed by atoms with Gasteiger partial charge < -0.3 is 25.8 Å². The summed E-state index contributed by atoms with van der Waals surface area (Å²) in [7, 11) is 0. The van der Waals surface area contributed by atoms with Crippen molar-refractivity contribution < 1.29 is 20.1 Å². The van der Waals surface area contributed by atoms with E-state index >= 15 is 0 Å². The Balaban J connectivity index is 2.61. The molecule has 5 atom stereocenters. The topological polar surface area (TPSA) is 108 Å². The van der Waals surface area contributed by atoms with Crippen LogP contribution in [0, 0.1) is 0 Å². The predicted molar refractivity (Wildman–Crippen MR) is 66.7 cm³/mol. The number of nitrogens with zero attached hydrogens (tertiary/aromatic N) is 1. The average molecular weight is 264 g/mol. The molecule has 0 aromatic carbocycles. The normalized spacial score (nSPS) is 36.9. The van der Waals surface area contributed by atoms with E-state index < -0.39 is 29.9 Å². The largest absolute Gasteiger partial charge is 0.391 e. The van der Waals surface area contributed by atoms with Crippen LogP contribution < -0.4 is 5.73 Å². The lowest BCUT2D eigenvalue weighted by molar-refractivity contribution is -0.175. The third-order valence-electron chi connectivity index (χ3n) is 2.52. The molecule has 0 aliphatic carbocycles. The Kier molecular flexibility index (Phi) is 5.68. The summed E-state index contributed by atoms with van der Waals surface area (Å²) >= 11 is 1.20. The molecule has 5 N–H and O–H groups in total. The molecule has 0 radical (unpaired) electrons. The molecule has 0 spiro atoms. The highest BCUT2D eigenvalue weighted by Crippen LogP contribution is 2.29. The maximum Gasteiger partial charge on any atom is 0.156 e. The first-order chi connectivity index (χ1) is 7.95. The minimum Gasteiger partial charge on any atom is -0.391 e. The Morgan fingerprint density at radius 3 is 2.76 bits per heavy atom. The molecular formula is C10H20N2O4S. The van der Waals surface area contributed by atoms with Crippen LogP contribution in [-0.4, -0.2) is 56.9 Å². The van der Waals surface area contributed by atoms with Gasteiger partial charge in [0, 0.05) is 13.0 Å². The van der Waals surface area contributed by atoms with Crippen molar-refractivity contribution in [1.82, 2.24) is 0 Å². The van der Waals surface area contributed by atoms with Gasteiger partial charge in [-0.3, -0.25) is 4.99 Å². The minimum atomic E-state index is -1.07. The predicted octanol–water partition coefficient (Wildman–Crippen LogP) is -0.728. The second-order valence-electron chi connectivity index (χ2n) is 3.99. The van der Waals surface area contributed by atoms with E-state index in [-0.39, 0.29) is 6.42 Å². The van der Waals surface area contributed by atoms with Crippen LogP contribution in [0.25, 0.3) is 0 Å². The fourth-order valence-electron chi connectivity index (χ4n) is 1.67. The summed E-state index contributed by atoms with van der Waals surface area (Å²) in [4.78, 5) is 4.00. The number of amidine groups is 1. The maximum atomic E-state index is 9.68. The van der Waals surface area contributed by atoms with Gasteiger partial charge in [-0.25, -0.2) is 0 Å². The Labute approximate surface area is 105 Å². The number of aliphatic hydroxyl groups excluding tert-OH is 3. The zero-order valence-electron chi connectivity index (χ0n) is 9.98. The van der Waals surface area contributed by atoms with E-state index in [1.165, 1.54) is 18.7 Å². The third kappa shape index (κ3) is 4.11. The standard InChI is InChI=1S/C10H20N2O4S/c1-3-12-10(11)17-7-4-6(14)8(15)9(16-7)5(2)13/h5-9,13-15H,3-4H2,1-2H3,(H2,11,12). The van der Waals surface area contributed by atoms with Crippen molar-refractivity contribution in [3.63, 3.8) is 0 Å². The number of rotatable bonds is 3. The van der Waals surface area contributed by atoms with Crippen molar-refractivity contribution in [2.75, 3.05) is 6.54 Å². The van der Waals surface area contributed by atoms with Gasteiger partial charge in [-0.15, -0.1) is 0 Å². The molecule has 1 saturated heterocycles. The molecule has 0 saturated carbocycles. The van der Waals surface area contributed by atoms with Gasteiger partial charge in [0.15, 0.2) is 5.17 Å². The quantitative estimate of drug-likeness (QED) is 0.395. The molecule has 17 heavy (non-hydrogen) atoms. The van der Waals surface area contributed by atoms with E-state index in [0.29, 0.717) is 11.7 Å². The van der Waals surface area contributed by atoms with Crippen LogP contribution in [0.1, 0.15) is 20.3 Å². The number of nitrogens with two attached hydrogens (primary N) is 1. The monoisotopic (exact) mass is 264 g/mol. The van der Waals surface area contributed by atoms with Crippen LogP contribution in [0.5, 0.6) is 0 Å². The smallest absolute Gasteiger partial charge is 0.156 e. The molecule has 0 amide bonds. The van der Waals surface area contributed by atoms with Gasteiger partial charge >= 0.3 is 0 Å². The molecule has 7 heteroatoms. The molecule has 6 nitrogen and oxygen atoms in total. The van der Waals surface area contributed by atoms with E-state index in [1.807, 2.05) is 6.92 Å². The minimum absolute atomic E-state index is 0.259. The van der Waals surface area contributed by atoms with Gasteiger partial charge in [-0.1, -0.05) is 11.8 Å². The van der Waals surface area contributed by atoms with Gasteiger partial charge in [-0.05, 0) is 13.8 Å². The Morgan fingerprint density at radius 1 is 1.59 bits per heavy atom. The number of hydrogen-bond acceptors (Lipinski definition) is 6. The van der Waals surface area contributed by atoms with Crippen molar-refractivity contribution in [2.45, 2.75) is 50.1 Å². The lowest BCUT2D eigenvalue weighted by Gasteiger charge is -2.38. The van der Waals surface area contributed by atoms with Crippen LogP contribution in [0.4, 0.5) is 0 Å². The maximum absolute atomic E-state index is 9.68. The molecule has 100 valence electrons. The fraction of sp³-hybridized carbons (Fsp3) is 0.900. The van der Waals surface area contributed by atoms with Gasteiger partial charge in [0.25, 0.3) is 0 Å². The van der Waals surface area contributed by atoms with Crippen molar-refractivity contribution in [3.8, 4) is 0 Å². The van der Waals surface area contributed by atoms with Crippen molar-refractivity contribution >= 4 is 16.9 Å². The highest BCUT2D eigenvalue weighted by Gasteiger charge is 2.39. The first-order valence-electron chi connectivity index (χ1n) is 5.62. The van der Waals surface area contributed by atoms with E-state index in [0.717, 1.165) is 0 Å². The first-order valence-corrected chi connectivity index (χ1v) is 6.49. The van der Waals surface area contributed by atoms with Gasteiger partial charge in [0.1, 0.15) is 17.6 Å². The average Bonchev–Trinajstić information content (AvgIpc) is 2.23. The number of ether oxygens (including phenoxy) is 1. The molecule has 0 bridgehead atoms. The highest BCUT2D eigenvalue weighted by atomic mass is 32.2. The summed E-state index contributed by atoms with van der Waals surface area (Å²) in [6.45, 7) is 3.96. The molecule has 0 aromatic rings. The van der Waals surface area contributed by atoms with E-state index in [1.54, 1.807) is 0 Å². The highest BCUT2D eigenvalue weighted by molar-refractivity contribution is 8.14. The van der Waals surface area contributed by atoms with E-state index in [9.17, 15) is 15.3 Å². The molecule has 1 aliphatic rings. The zero-order chi connectivity index (χ0) is 13.0. The lowest BCUT2D eigenvalue weighted by atomic mass is 9.99. The van der Waals surface area contributed by atoms with Crippen molar-refractivity contribution in [3.05, 3.63) is 0 Å². The molecule has 1 rings (SSSR count). The van der Waals surface area contributed by atoms with Crippen LogP contribution in [0.15, 0.2) is 4.99 Å². The van der Waals surface area contributed by atoms with Crippen LogP contribution in [-0.2, 0) is 4.74 Å². The van der Waals surface area contributed by atoms with Crippen LogP contribution in [0.2, 0.25) is 0 Å². The molecule has 1 fully saturated rings. The first kappa shape index (κ1) is 14.7. The Bertz CT molecular complexity index is 275. The summed E-state index contributed by atoms with van der Waals surface area (Å²) in [5.41, 5.74) is 5.24. The summed E-state index contributed by atoms with van der Waals surface area (Å²) in [6, 6.07) is 0. The second kappa shape index (κ2) is 6.55.